The largest absolute Gasteiger partial charge is 0.503 e. The van der Waals surface area contributed by atoms with Gasteiger partial charge in [0.1, 0.15) is 22.9 Å². The fourth-order valence-corrected chi connectivity index (χ4v) is 3.51. The molecule has 14 heteroatoms. The van der Waals surface area contributed by atoms with E-state index in [2.05, 4.69) is 20.5 Å². The van der Waals surface area contributed by atoms with Crippen LogP contribution < -0.4 is 9.47 Å². The average Bonchev–Trinajstić information content (AvgIpc) is 2.92. The topological polar surface area (TPSA) is 195 Å². The number of nitro benzene ring substituents is 2. The van der Waals surface area contributed by atoms with E-state index < -0.39 is 21.3 Å². The number of azo groups is 2. The molecule has 4 aromatic rings. The Labute approximate surface area is 213 Å². The van der Waals surface area contributed by atoms with E-state index in [4.69, 9.17) is 9.47 Å². The molecule has 0 aliphatic heterocycles. The first kappa shape index (κ1) is 25.4. The van der Waals surface area contributed by atoms with Crippen LogP contribution in [0.2, 0.25) is 0 Å². The molecular formula is C24H18N6O8. The van der Waals surface area contributed by atoms with Crippen LogP contribution in [0, 0.1) is 20.2 Å². The maximum absolute atomic E-state index is 11.5. The third kappa shape index (κ3) is 4.86. The Morgan fingerprint density at radius 3 is 1.39 bits per heavy atom. The zero-order valence-corrected chi connectivity index (χ0v) is 19.8. The minimum atomic E-state index is -0.721. The molecule has 0 spiro atoms. The fraction of sp³-hybridized carbons (Fsp3) is 0.0833. The number of hydrogen-bond acceptors (Lipinski definition) is 12. The molecule has 4 rings (SSSR count). The minimum Gasteiger partial charge on any atom is -0.503 e. The highest BCUT2D eigenvalue weighted by molar-refractivity contribution is 6.05. The second-order valence-corrected chi connectivity index (χ2v) is 7.56. The number of nitro groups is 2. The van der Waals surface area contributed by atoms with Gasteiger partial charge in [0.15, 0.2) is 22.9 Å². The number of hydrogen-bond donors (Lipinski definition) is 2. The molecule has 38 heavy (non-hydrogen) atoms. The summed E-state index contributed by atoms with van der Waals surface area (Å²) in [6, 6.07) is 14.3. The van der Waals surface area contributed by atoms with Gasteiger partial charge >= 0.3 is 0 Å². The maximum atomic E-state index is 11.5. The SMILES string of the molecule is COc1ccc(N=Nc2c(O)c(O)c(N=Nc3ccc(OC)cc3[N+](=O)[O-])c3ccccc23)c([N+](=O)[O-])c1. The summed E-state index contributed by atoms with van der Waals surface area (Å²) in [4.78, 5) is 21.6. The van der Waals surface area contributed by atoms with E-state index in [1.165, 1.54) is 50.6 Å². The van der Waals surface area contributed by atoms with Crippen molar-refractivity contribution in [2.24, 2.45) is 20.5 Å². The molecule has 0 aliphatic carbocycles. The van der Waals surface area contributed by atoms with Crippen LogP contribution in [0.1, 0.15) is 0 Å². The van der Waals surface area contributed by atoms with Crippen molar-refractivity contribution in [3.63, 3.8) is 0 Å². The standard InChI is InChI=1S/C24H18N6O8/c1-37-13-7-9-17(19(11-13)29(33)34)25-27-21-15-5-3-4-6-16(15)22(24(32)23(21)31)28-26-18-10-8-14(38-2)12-20(18)30(35)36/h3-12,31-32H,1-2H3. The predicted molar refractivity (Wildman–Crippen MR) is 135 cm³/mol. The number of rotatable bonds is 8. The normalized spacial score (nSPS) is 11.3. The number of aromatic hydroxyl groups is 2. The van der Waals surface area contributed by atoms with E-state index in [0.717, 1.165) is 0 Å². The Morgan fingerprint density at radius 1 is 0.658 bits per heavy atom. The van der Waals surface area contributed by atoms with Crippen LogP contribution >= 0.6 is 0 Å². The third-order valence-corrected chi connectivity index (χ3v) is 5.38. The Morgan fingerprint density at radius 2 is 1.05 bits per heavy atom. The molecule has 0 amide bonds. The summed E-state index contributed by atoms with van der Waals surface area (Å²) in [5.74, 6) is -0.953. The lowest BCUT2D eigenvalue weighted by atomic mass is 10.1. The summed E-state index contributed by atoms with van der Waals surface area (Å²) in [5, 5.41) is 60.7. The summed E-state index contributed by atoms with van der Waals surface area (Å²) in [5.41, 5.74) is -1.36. The van der Waals surface area contributed by atoms with Crippen LogP contribution in [0.15, 0.2) is 81.1 Å². The number of nitrogens with zero attached hydrogens (tertiary/aromatic N) is 6. The number of benzene rings is 4. The molecule has 0 unspecified atom stereocenters. The summed E-state index contributed by atoms with van der Waals surface area (Å²) >= 11 is 0. The third-order valence-electron chi connectivity index (χ3n) is 5.38. The summed E-state index contributed by atoms with van der Waals surface area (Å²) in [7, 11) is 2.72. The summed E-state index contributed by atoms with van der Waals surface area (Å²) < 4.78 is 10.0. The number of phenolic OH excluding ortho intramolecular Hbond substituents is 2. The van der Waals surface area contributed by atoms with Gasteiger partial charge in [-0.25, -0.2) is 0 Å². The predicted octanol–water partition coefficient (Wildman–Crippen LogP) is 6.92. The van der Waals surface area contributed by atoms with Crippen molar-refractivity contribution in [2.75, 3.05) is 14.2 Å². The first-order valence-corrected chi connectivity index (χ1v) is 10.7. The van der Waals surface area contributed by atoms with Crippen LogP contribution in [-0.2, 0) is 0 Å². The highest BCUT2D eigenvalue weighted by Crippen LogP contribution is 2.51. The van der Waals surface area contributed by atoms with Gasteiger partial charge in [-0.3, -0.25) is 20.2 Å². The lowest BCUT2D eigenvalue weighted by molar-refractivity contribution is -0.384. The van der Waals surface area contributed by atoms with Crippen molar-refractivity contribution < 1.29 is 29.5 Å². The van der Waals surface area contributed by atoms with E-state index in [9.17, 15) is 30.4 Å². The molecule has 0 saturated carbocycles. The maximum Gasteiger partial charge on any atom is 0.300 e. The first-order chi connectivity index (χ1) is 18.2. The monoisotopic (exact) mass is 518 g/mol. The van der Waals surface area contributed by atoms with Gasteiger partial charge in [-0.1, -0.05) is 24.3 Å². The molecule has 0 bridgehead atoms. The Balaban J connectivity index is 1.83. The summed E-state index contributed by atoms with van der Waals surface area (Å²) in [6.45, 7) is 0. The number of ether oxygens (including phenoxy) is 2. The van der Waals surface area contributed by atoms with Gasteiger partial charge in [-0.2, -0.15) is 0 Å². The van der Waals surface area contributed by atoms with Crippen LogP contribution in [0.5, 0.6) is 23.0 Å². The van der Waals surface area contributed by atoms with Crippen LogP contribution in [0.3, 0.4) is 0 Å². The number of phenols is 2. The highest BCUT2D eigenvalue weighted by atomic mass is 16.6. The minimum absolute atomic E-state index is 0.116. The molecule has 0 heterocycles. The molecule has 0 aliphatic rings. The molecule has 0 aromatic heterocycles. The van der Waals surface area contributed by atoms with Gasteiger partial charge in [0, 0.05) is 10.8 Å². The molecule has 4 aromatic carbocycles. The van der Waals surface area contributed by atoms with Gasteiger partial charge in [0.2, 0.25) is 0 Å². The molecule has 2 N–H and O–H groups in total. The Hall–Kier alpha value is -5.66. The molecule has 192 valence electrons. The Bertz CT molecular complexity index is 1520. The smallest absolute Gasteiger partial charge is 0.300 e. The van der Waals surface area contributed by atoms with Gasteiger partial charge in [0.05, 0.1) is 36.2 Å². The second-order valence-electron chi connectivity index (χ2n) is 7.56. The van der Waals surface area contributed by atoms with Crippen molar-refractivity contribution in [3.8, 4) is 23.0 Å². The van der Waals surface area contributed by atoms with E-state index in [0.29, 0.717) is 0 Å². The van der Waals surface area contributed by atoms with Gasteiger partial charge in [0.25, 0.3) is 11.4 Å². The first-order valence-electron chi connectivity index (χ1n) is 10.7. The van der Waals surface area contributed by atoms with Crippen molar-refractivity contribution in [1.29, 1.82) is 0 Å². The lowest BCUT2D eigenvalue weighted by Crippen LogP contribution is -1.90. The molecule has 0 atom stereocenters. The lowest BCUT2D eigenvalue weighted by Gasteiger charge is -2.10. The van der Waals surface area contributed by atoms with E-state index in [-0.39, 0.29) is 56.4 Å². The average molecular weight is 518 g/mol. The van der Waals surface area contributed by atoms with E-state index in [1.54, 1.807) is 24.3 Å². The van der Waals surface area contributed by atoms with Crippen LogP contribution in [-0.4, -0.2) is 34.3 Å². The second kappa shape index (κ2) is 10.5. The van der Waals surface area contributed by atoms with Gasteiger partial charge < -0.3 is 19.7 Å². The van der Waals surface area contributed by atoms with Crippen molar-refractivity contribution in [3.05, 3.63) is 80.9 Å². The zero-order chi connectivity index (χ0) is 27.4. The van der Waals surface area contributed by atoms with Crippen molar-refractivity contribution >= 4 is 44.9 Å². The van der Waals surface area contributed by atoms with Crippen molar-refractivity contribution in [2.45, 2.75) is 0 Å². The van der Waals surface area contributed by atoms with Gasteiger partial charge in [-0.15, -0.1) is 20.5 Å². The summed E-state index contributed by atoms with van der Waals surface area (Å²) in [6.07, 6.45) is 0. The molecule has 0 radical (unpaired) electrons. The van der Waals surface area contributed by atoms with E-state index >= 15 is 0 Å². The molecule has 14 nitrogen and oxygen atoms in total. The van der Waals surface area contributed by atoms with E-state index in [1.807, 2.05) is 0 Å². The molecule has 0 saturated heterocycles. The fourth-order valence-electron chi connectivity index (χ4n) is 3.51. The van der Waals surface area contributed by atoms with Gasteiger partial charge in [-0.05, 0) is 24.3 Å². The zero-order valence-electron chi connectivity index (χ0n) is 19.8. The Kier molecular flexibility index (Phi) is 7.05. The molecular weight excluding hydrogens is 500 g/mol. The number of methoxy groups -OCH3 is 2. The quantitative estimate of drug-likeness (QED) is 0.108. The number of fused-ring (bicyclic) bond motifs is 1. The van der Waals surface area contributed by atoms with Crippen LogP contribution in [0.25, 0.3) is 10.8 Å². The molecule has 0 fully saturated rings. The van der Waals surface area contributed by atoms with Crippen molar-refractivity contribution in [1.82, 2.24) is 0 Å². The highest BCUT2D eigenvalue weighted by Gasteiger charge is 2.21. The van der Waals surface area contributed by atoms with Crippen LogP contribution in [0.4, 0.5) is 34.1 Å².